The van der Waals surface area contributed by atoms with Crippen LogP contribution in [-0.2, 0) is 6.42 Å². The SMILES string of the molecule is CCCCSc1c(Cl)cccc1CC(N)CC. The van der Waals surface area contributed by atoms with E-state index in [0.29, 0.717) is 0 Å². The largest absolute Gasteiger partial charge is 0.327 e. The third kappa shape index (κ3) is 4.90. The first kappa shape index (κ1) is 14.9. The van der Waals surface area contributed by atoms with Crippen molar-refractivity contribution in [2.75, 3.05) is 5.75 Å². The van der Waals surface area contributed by atoms with Crippen LogP contribution >= 0.6 is 23.4 Å². The van der Waals surface area contributed by atoms with E-state index in [1.165, 1.54) is 23.3 Å². The van der Waals surface area contributed by atoms with E-state index in [9.17, 15) is 0 Å². The zero-order valence-corrected chi connectivity index (χ0v) is 12.3. The van der Waals surface area contributed by atoms with Crippen molar-refractivity contribution in [3.05, 3.63) is 28.8 Å². The summed E-state index contributed by atoms with van der Waals surface area (Å²) in [7, 11) is 0. The fraction of sp³-hybridized carbons (Fsp3) is 0.571. The first-order valence-electron chi connectivity index (χ1n) is 6.34. The molecule has 2 N–H and O–H groups in total. The molecule has 0 heterocycles. The second kappa shape index (κ2) is 8.02. The van der Waals surface area contributed by atoms with Crippen LogP contribution in [0.5, 0.6) is 0 Å². The summed E-state index contributed by atoms with van der Waals surface area (Å²) in [5.74, 6) is 1.13. The van der Waals surface area contributed by atoms with Gasteiger partial charge in [0.25, 0.3) is 0 Å². The highest BCUT2D eigenvalue weighted by molar-refractivity contribution is 7.99. The van der Waals surface area contributed by atoms with Gasteiger partial charge in [-0.05, 0) is 36.6 Å². The maximum atomic E-state index is 6.27. The summed E-state index contributed by atoms with van der Waals surface area (Å²) >= 11 is 8.14. The van der Waals surface area contributed by atoms with Gasteiger partial charge in [-0.15, -0.1) is 11.8 Å². The minimum Gasteiger partial charge on any atom is -0.327 e. The Morgan fingerprint density at radius 2 is 2.12 bits per heavy atom. The van der Waals surface area contributed by atoms with Crippen LogP contribution in [0.3, 0.4) is 0 Å². The predicted octanol–water partition coefficient (Wildman–Crippen LogP) is 4.51. The van der Waals surface area contributed by atoms with Crippen LogP contribution in [0.15, 0.2) is 23.1 Å². The minimum atomic E-state index is 0.235. The maximum absolute atomic E-state index is 6.27. The van der Waals surface area contributed by atoms with Gasteiger partial charge in [0.2, 0.25) is 0 Å². The minimum absolute atomic E-state index is 0.235. The molecule has 1 aromatic rings. The summed E-state index contributed by atoms with van der Waals surface area (Å²) in [4.78, 5) is 1.23. The van der Waals surface area contributed by atoms with Gasteiger partial charge in [-0.2, -0.15) is 0 Å². The standard InChI is InChI=1S/C14H22ClNS/c1-3-5-9-17-14-11(10-12(16)4-2)7-6-8-13(14)15/h6-8,12H,3-5,9-10,16H2,1-2H3. The van der Waals surface area contributed by atoms with E-state index in [-0.39, 0.29) is 6.04 Å². The van der Waals surface area contributed by atoms with Crippen molar-refractivity contribution < 1.29 is 0 Å². The topological polar surface area (TPSA) is 26.0 Å². The summed E-state index contributed by atoms with van der Waals surface area (Å²) in [6.07, 6.45) is 4.38. The van der Waals surface area contributed by atoms with E-state index < -0.39 is 0 Å². The molecular formula is C14H22ClNS. The molecule has 1 nitrogen and oxygen atoms in total. The van der Waals surface area contributed by atoms with Crippen LogP contribution in [0.1, 0.15) is 38.7 Å². The zero-order valence-electron chi connectivity index (χ0n) is 10.7. The molecule has 0 aromatic heterocycles. The number of nitrogens with two attached hydrogens (primary N) is 1. The number of unbranched alkanes of at least 4 members (excludes halogenated alkanes) is 1. The van der Waals surface area contributed by atoms with Crippen LogP contribution < -0.4 is 5.73 Å². The molecule has 0 aliphatic heterocycles. The van der Waals surface area contributed by atoms with Gasteiger partial charge in [0, 0.05) is 10.9 Å². The third-order valence-corrected chi connectivity index (χ3v) is 4.49. The van der Waals surface area contributed by atoms with E-state index in [4.69, 9.17) is 17.3 Å². The van der Waals surface area contributed by atoms with E-state index >= 15 is 0 Å². The molecule has 0 saturated heterocycles. The van der Waals surface area contributed by atoms with Gasteiger partial charge in [0.1, 0.15) is 0 Å². The van der Waals surface area contributed by atoms with Crippen molar-refractivity contribution in [3.63, 3.8) is 0 Å². The second-order valence-corrected chi connectivity index (χ2v) is 5.81. The number of hydrogen-bond donors (Lipinski definition) is 1. The summed E-state index contributed by atoms with van der Waals surface area (Å²) in [6.45, 7) is 4.33. The monoisotopic (exact) mass is 271 g/mol. The van der Waals surface area contributed by atoms with E-state index in [2.05, 4.69) is 19.9 Å². The molecule has 96 valence electrons. The van der Waals surface area contributed by atoms with Crippen molar-refractivity contribution >= 4 is 23.4 Å². The third-order valence-electron chi connectivity index (χ3n) is 2.80. The van der Waals surface area contributed by atoms with Gasteiger partial charge in [-0.1, -0.05) is 44.0 Å². The molecular weight excluding hydrogens is 250 g/mol. The Bertz CT molecular complexity index is 341. The fourth-order valence-electron chi connectivity index (χ4n) is 1.62. The van der Waals surface area contributed by atoms with Gasteiger partial charge in [-0.25, -0.2) is 0 Å². The zero-order chi connectivity index (χ0) is 12.7. The lowest BCUT2D eigenvalue weighted by Crippen LogP contribution is -2.21. The quantitative estimate of drug-likeness (QED) is 0.583. The molecule has 0 bridgehead atoms. The fourth-order valence-corrected chi connectivity index (χ4v) is 3.16. The lowest BCUT2D eigenvalue weighted by atomic mass is 10.0. The highest BCUT2D eigenvalue weighted by atomic mass is 35.5. The molecule has 1 rings (SSSR count). The summed E-state index contributed by atoms with van der Waals surface area (Å²) in [5.41, 5.74) is 7.33. The molecule has 0 saturated carbocycles. The average molecular weight is 272 g/mol. The summed E-state index contributed by atoms with van der Waals surface area (Å²) < 4.78 is 0. The molecule has 1 atom stereocenters. The van der Waals surface area contributed by atoms with Gasteiger partial charge >= 0.3 is 0 Å². The first-order valence-corrected chi connectivity index (χ1v) is 7.71. The van der Waals surface area contributed by atoms with Crippen LogP contribution in [0.2, 0.25) is 5.02 Å². The van der Waals surface area contributed by atoms with Gasteiger partial charge in [-0.3, -0.25) is 0 Å². The summed E-state index contributed by atoms with van der Waals surface area (Å²) in [5, 5.41) is 0.868. The van der Waals surface area contributed by atoms with E-state index in [0.717, 1.165) is 23.6 Å². The van der Waals surface area contributed by atoms with Crippen molar-refractivity contribution in [3.8, 4) is 0 Å². The van der Waals surface area contributed by atoms with Crippen molar-refractivity contribution in [2.45, 2.75) is 50.5 Å². The first-order chi connectivity index (χ1) is 8.19. The number of thioether (sulfide) groups is 1. The molecule has 17 heavy (non-hydrogen) atoms. The highest BCUT2D eigenvalue weighted by Gasteiger charge is 2.10. The highest BCUT2D eigenvalue weighted by Crippen LogP contribution is 2.32. The maximum Gasteiger partial charge on any atom is 0.0544 e. The number of rotatable bonds is 7. The van der Waals surface area contributed by atoms with E-state index in [1.807, 2.05) is 23.9 Å². The van der Waals surface area contributed by atoms with Gasteiger partial charge in [0.05, 0.1) is 5.02 Å². The lowest BCUT2D eigenvalue weighted by molar-refractivity contribution is 0.641. The molecule has 3 heteroatoms. The number of benzene rings is 1. The van der Waals surface area contributed by atoms with Crippen LogP contribution in [-0.4, -0.2) is 11.8 Å². The predicted molar refractivity (Wildman–Crippen MR) is 79.1 cm³/mol. The van der Waals surface area contributed by atoms with Crippen molar-refractivity contribution in [1.82, 2.24) is 0 Å². The normalized spacial score (nSPS) is 12.7. The Hall–Kier alpha value is -0.180. The molecule has 1 unspecified atom stereocenters. The molecule has 0 fully saturated rings. The average Bonchev–Trinajstić information content (AvgIpc) is 2.32. The molecule has 0 spiro atoms. The van der Waals surface area contributed by atoms with Crippen LogP contribution in [0.25, 0.3) is 0 Å². The Labute approximate surface area is 114 Å². The Balaban J connectivity index is 2.76. The molecule has 0 radical (unpaired) electrons. The molecule has 1 aromatic carbocycles. The smallest absolute Gasteiger partial charge is 0.0544 e. The lowest BCUT2D eigenvalue weighted by Gasteiger charge is -2.14. The van der Waals surface area contributed by atoms with Gasteiger partial charge < -0.3 is 5.73 Å². The van der Waals surface area contributed by atoms with Crippen LogP contribution in [0, 0.1) is 0 Å². The summed E-state index contributed by atoms with van der Waals surface area (Å²) in [6, 6.07) is 6.37. The Morgan fingerprint density at radius 3 is 2.76 bits per heavy atom. The van der Waals surface area contributed by atoms with Crippen molar-refractivity contribution in [2.24, 2.45) is 5.73 Å². The molecule has 0 aliphatic rings. The molecule has 0 aliphatic carbocycles. The molecule has 0 amide bonds. The van der Waals surface area contributed by atoms with Gasteiger partial charge in [0.15, 0.2) is 0 Å². The number of hydrogen-bond acceptors (Lipinski definition) is 2. The number of halogens is 1. The van der Waals surface area contributed by atoms with Crippen molar-refractivity contribution in [1.29, 1.82) is 0 Å². The Kier molecular flexibility index (Phi) is 7.02. The second-order valence-electron chi connectivity index (χ2n) is 4.30. The van der Waals surface area contributed by atoms with E-state index in [1.54, 1.807) is 0 Å². The van der Waals surface area contributed by atoms with Crippen LogP contribution in [0.4, 0.5) is 0 Å². The Morgan fingerprint density at radius 1 is 1.35 bits per heavy atom.